The molecule has 1 aliphatic carbocycles. The topological polar surface area (TPSA) is 113 Å². The monoisotopic (exact) mass is 368 g/mol. The molecule has 1 fully saturated rings. The highest BCUT2D eigenvalue weighted by atomic mass is 16.6. The lowest BCUT2D eigenvalue weighted by Gasteiger charge is -2.16. The summed E-state index contributed by atoms with van der Waals surface area (Å²) in [7, 11) is 0. The van der Waals surface area contributed by atoms with Crippen LogP contribution in [-0.2, 0) is 9.59 Å². The fourth-order valence-electron chi connectivity index (χ4n) is 2.51. The highest BCUT2D eigenvalue weighted by Crippen LogP contribution is 2.30. The van der Waals surface area contributed by atoms with Crippen LogP contribution in [0.5, 0.6) is 0 Å². The molecule has 2 aromatic carbocycles. The molecule has 3 N–H and O–H groups in total. The third-order valence-electron chi connectivity index (χ3n) is 4.20. The molecule has 3 rings (SSSR count). The van der Waals surface area contributed by atoms with Crippen LogP contribution in [0.3, 0.4) is 0 Å². The van der Waals surface area contributed by atoms with E-state index in [1.165, 1.54) is 24.3 Å². The number of nitrogens with one attached hydrogen (secondary N) is 3. The number of nitro groups is 1. The summed E-state index contributed by atoms with van der Waals surface area (Å²) >= 11 is 0. The Morgan fingerprint density at radius 1 is 1.04 bits per heavy atom. The van der Waals surface area contributed by atoms with Gasteiger partial charge in [0.25, 0.3) is 5.69 Å². The largest absolute Gasteiger partial charge is 0.374 e. The number of hydrogen-bond acceptors (Lipinski definition) is 5. The number of non-ortho nitro benzene ring substituents is 1. The summed E-state index contributed by atoms with van der Waals surface area (Å²) in [5.74, 6) is -0.139. The van der Waals surface area contributed by atoms with Gasteiger partial charge in [-0.2, -0.15) is 0 Å². The highest BCUT2D eigenvalue weighted by Gasteiger charge is 2.29. The third kappa shape index (κ3) is 5.04. The number of nitrogens with zero attached hydrogens (tertiary/aromatic N) is 1. The smallest absolute Gasteiger partial charge is 0.269 e. The number of carbonyl (C=O) groups is 2. The maximum absolute atomic E-state index is 12.3. The number of benzene rings is 2. The van der Waals surface area contributed by atoms with Gasteiger partial charge in [-0.3, -0.25) is 19.7 Å². The maximum atomic E-state index is 12.3. The maximum Gasteiger partial charge on any atom is 0.269 e. The van der Waals surface area contributed by atoms with Crippen molar-refractivity contribution in [3.8, 4) is 0 Å². The quantitative estimate of drug-likeness (QED) is 0.512. The molecule has 2 amide bonds. The van der Waals surface area contributed by atoms with Crippen molar-refractivity contribution < 1.29 is 14.5 Å². The molecule has 140 valence electrons. The predicted octanol–water partition coefficient (Wildman–Crippen LogP) is 3.38. The molecule has 2 aromatic rings. The molecule has 0 radical (unpaired) electrons. The Bertz CT molecular complexity index is 862. The number of rotatable bonds is 7. The van der Waals surface area contributed by atoms with Gasteiger partial charge in [0.1, 0.15) is 6.04 Å². The Labute approximate surface area is 156 Å². The van der Waals surface area contributed by atoms with E-state index in [0.29, 0.717) is 17.1 Å². The van der Waals surface area contributed by atoms with Crippen molar-refractivity contribution in [3.63, 3.8) is 0 Å². The van der Waals surface area contributed by atoms with E-state index in [1.807, 2.05) is 6.07 Å². The molecule has 1 unspecified atom stereocenters. The lowest BCUT2D eigenvalue weighted by Crippen LogP contribution is -2.31. The number of carbonyl (C=O) groups excluding carboxylic acids is 2. The van der Waals surface area contributed by atoms with Gasteiger partial charge in [-0.25, -0.2) is 0 Å². The van der Waals surface area contributed by atoms with Crippen LogP contribution in [0.1, 0.15) is 19.8 Å². The molecule has 1 atom stereocenters. The van der Waals surface area contributed by atoms with E-state index in [0.717, 1.165) is 12.8 Å². The van der Waals surface area contributed by atoms with Gasteiger partial charge in [0.05, 0.1) is 4.92 Å². The van der Waals surface area contributed by atoms with E-state index in [-0.39, 0.29) is 23.4 Å². The Morgan fingerprint density at radius 2 is 1.70 bits per heavy atom. The van der Waals surface area contributed by atoms with Crippen LogP contribution in [0.15, 0.2) is 48.5 Å². The van der Waals surface area contributed by atoms with Crippen molar-refractivity contribution in [2.45, 2.75) is 25.8 Å². The molecule has 1 aliphatic rings. The van der Waals surface area contributed by atoms with E-state index in [9.17, 15) is 19.7 Å². The van der Waals surface area contributed by atoms with E-state index < -0.39 is 11.0 Å². The second kappa shape index (κ2) is 7.86. The van der Waals surface area contributed by atoms with Gasteiger partial charge in [-0.05, 0) is 50.1 Å². The van der Waals surface area contributed by atoms with E-state index in [2.05, 4.69) is 16.0 Å². The van der Waals surface area contributed by atoms with Gasteiger partial charge in [-0.1, -0.05) is 6.07 Å². The van der Waals surface area contributed by atoms with E-state index in [1.54, 1.807) is 25.1 Å². The average Bonchev–Trinajstić information content (AvgIpc) is 3.47. The number of hydrogen-bond donors (Lipinski definition) is 3. The first-order chi connectivity index (χ1) is 12.9. The molecule has 0 heterocycles. The van der Waals surface area contributed by atoms with Gasteiger partial charge in [0.15, 0.2) is 0 Å². The Hall–Kier alpha value is -3.42. The van der Waals surface area contributed by atoms with Crippen LogP contribution in [0.4, 0.5) is 22.7 Å². The van der Waals surface area contributed by atoms with Crippen LogP contribution in [0.25, 0.3) is 0 Å². The molecular formula is C19H20N4O4. The van der Waals surface area contributed by atoms with Crippen LogP contribution in [-0.4, -0.2) is 22.8 Å². The first-order valence-electron chi connectivity index (χ1n) is 8.65. The van der Waals surface area contributed by atoms with Crippen LogP contribution >= 0.6 is 0 Å². The average molecular weight is 368 g/mol. The lowest BCUT2D eigenvalue weighted by atomic mass is 10.2. The first kappa shape index (κ1) is 18.4. The summed E-state index contributed by atoms with van der Waals surface area (Å²) in [6.45, 7) is 1.70. The number of anilines is 3. The van der Waals surface area contributed by atoms with E-state index >= 15 is 0 Å². The highest BCUT2D eigenvalue weighted by molar-refractivity contribution is 5.97. The molecule has 8 nitrogen and oxygen atoms in total. The van der Waals surface area contributed by atoms with Crippen molar-refractivity contribution in [1.82, 2.24) is 0 Å². The van der Waals surface area contributed by atoms with E-state index in [4.69, 9.17) is 0 Å². The molecule has 0 saturated heterocycles. The molecule has 0 bridgehead atoms. The predicted molar refractivity (Wildman–Crippen MR) is 103 cm³/mol. The summed E-state index contributed by atoms with van der Waals surface area (Å²) in [5.41, 5.74) is 1.82. The zero-order valence-corrected chi connectivity index (χ0v) is 14.8. The van der Waals surface area contributed by atoms with Gasteiger partial charge >= 0.3 is 0 Å². The Balaban J connectivity index is 1.57. The lowest BCUT2D eigenvalue weighted by molar-refractivity contribution is -0.384. The molecule has 0 aliphatic heterocycles. The molecule has 0 aromatic heterocycles. The fourth-order valence-corrected chi connectivity index (χ4v) is 2.51. The Morgan fingerprint density at radius 3 is 2.33 bits per heavy atom. The second-order valence-electron chi connectivity index (χ2n) is 6.50. The SMILES string of the molecule is CC(Nc1cccc(NC(=O)C2CC2)c1)C(=O)Nc1ccc([N+](=O)[O-])cc1. The zero-order chi connectivity index (χ0) is 19.4. The summed E-state index contributed by atoms with van der Waals surface area (Å²) in [4.78, 5) is 34.3. The normalized spacial score (nSPS) is 14.1. The van der Waals surface area contributed by atoms with Gasteiger partial charge < -0.3 is 16.0 Å². The van der Waals surface area contributed by atoms with Crippen molar-refractivity contribution in [1.29, 1.82) is 0 Å². The minimum atomic E-state index is -0.547. The minimum absolute atomic E-state index is 0.0242. The molecule has 8 heteroatoms. The fraction of sp³-hybridized carbons (Fsp3) is 0.263. The molecule has 0 spiro atoms. The zero-order valence-electron chi connectivity index (χ0n) is 14.8. The number of amides is 2. The van der Waals surface area contributed by atoms with Crippen LogP contribution in [0.2, 0.25) is 0 Å². The summed E-state index contributed by atoms with van der Waals surface area (Å²) < 4.78 is 0. The molecule has 1 saturated carbocycles. The summed E-state index contributed by atoms with van der Waals surface area (Å²) in [6.07, 6.45) is 1.87. The van der Waals surface area contributed by atoms with Crippen molar-refractivity contribution in [3.05, 3.63) is 58.6 Å². The van der Waals surface area contributed by atoms with Crippen LogP contribution < -0.4 is 16.0 Å². The summed E-state index contributed by atoms with van der Waals surface area (Å²) in [5, 5.41) is 19.3. The molecule has 27 heavy (non-hydrogen) atoms. The van der Waals surface area contributed by atoms with Crippen molar-refractivity contribution >= 4 is 34.6 Å². The Kier molecular flexibility index (Phi) is 5.35. The standard InChI is InChI=1S/C19H20N4O4/c1-12(18(24)21-14-7-9-17(10-8-14)23(26)27)20-15-3-2-4-16(11-15)22-19(25)13-5-6-13/h2-4,7-13,20H,5-6H2,1H3,(H,21,24)(H,22,25). The third-order valence-corrected chi connectivity index (χ3v) is 4.20. The van der Waals surface area contributed by atoms with Crippen molar-refractivity contribution in [2.75, 3.05) is 16.0 Å². The summed E-state index contributed by atoms with van der Waals surface area (Å²) in [6, 6.07) is 12.3. The minimum Gasteiger partial charge on any atom is -0.374 e. The number of nitro benzene ring substituents is 1. The van der Waals surface area contributed by atoms with Gasteiger partial charge in [-0.15, -0.1) is 0 Å². The van der Waals surface area contributed by atoms with Crippen molar-refractivity contribution in [2.24, 2.45) is 5.92 Å². The first-order valence-corrected chi connectivity index (χ1v) is 8.65. The van der Waals surface area contributed by atoms with Crippen LogP contribution in [0, 0.1) is 16.0 Å². The molecular weight excluding hydrogens is 348 g/mol. The van der Waals surface area contributed by atoms with Gasteiger partial charge in [0, 0.05) is 35.1 Å². The van der Waals surface area contributed by atoms with Gasteiger partial charge in [0.2, 0.25) is 11.8 Å². The second-order valence-corrected chi connectivity index (χ2v) is 6.50.